The number of nitrogens with zero attached hydrogens (tertiary/aromatic N) is 3. The van der Waals surface area contributed by atoms with E-state index >= 15 is 0 Å². The summed E-state index contributed by atoms with van der Waals surface area (Å²) >= 11 is 1.72. The number of rotatable bonds is 5. The van der Waals surface area contributed by atoms with E-state index in [1.807, 2.05) is 12.1 Å². The van der Waals surface area contributed by atoms with Crippen molar-refractivity contribution in [1.29, 1.82) is 0 Å². The summed E-state index contributed by atoms with van der Waals surface area (Å²) < 4.78 is 7.36. The fourth-order valence-electron chi connectivity index (χ4n) is 2.06. The van der Waals surface area contributed by atoms with Crippen LogP contribution in [0.1, 0.15) is 30.1 Å². The highest BCUT2D eigenvalue weighted by molar-refractivity contribution is 7.98. The summed E-state index contributed by atoms with van der Waals surface area (Å²) in [5.41, 5.74) is 1.24. The largest absolute Gasteiger partial charge is 0.497 e. The van der Waals surface area contributed by atoms with E-state index in [2.05, 4.69) is 33.9 Å². The van der Waals surface area contributed by atoms with Gasteiger partial charge in [0.15, 0.2) is 5.16 Å². The molecule has 1 saturated carbocycles. The van der Waals surface area contributed by atoms with E-state index in [9.17, 15) is 0 Å². The summed E-state index contributed by atoms with van der Waals surface area (Å²) in [5, 5.41) is 9.56. The van der Waals surface area contributed by atoms with Gasteiger partial charge in [0.2, 0.25) is 0 Å². The molecule has 0 saturated heterocycles. The van der Waals surface area contributed by atoms with Crippen molar-refractivity contribution in [1.82, 2.24) is 14.8 Å². The molecule has 0 N–H and O–H groups in total. The van der Waals surface area contributed by atoms with E-state index in [0.29, 0.717) is 5.92 Å². The summed E-state index contributed by atoms with van der Waals surface area (Å²) in [6.07, 6.45) is 2.51. The second-order valence-electron chi connectivity index (χ2n) is 4.81. The van der Waals surface area contributed by atoms with Gasteiger partial charge >= 0.3 is 0 Å². The minimum absolute atomic E-state index is 0.642. The summed E-state index contributed by atoms with van der Waals surface area (Å²) in [6.45, 7) is 0. The fraction of sp³-hybridized carbons (Fsp3) is 0.429. The SMILES string of the molecule is COc1cccc(CSc2nnc(C3CC3)n2C)c1. The molecule has 0 unspecified atom stereocenters. The van der Waals surface area contributed by atoms with Crippen LogP contribution in [0.3, 0.4) is 0 Å². The van der Waals surface area contributed by atoms with Crippen molar-refractivity contribution < 1.29 is 4.74 Å². The Kier molecular flexibility index (Phi) is 3.46. The lowest BCUT2D eigenvalue weighted by Crippen LogP contribution is -1.97. The van der Waals surface area contributed by atoms with Gasteiger partial charge in [-0.2, -0.15) is 0 Å². The Labute approximate surface area is 117 Å². The van der Waals surface area contributed by atoms with Gasteiger partial charge in [-0.25, -0.2) is 0 Å². The lowest BCUT2D eigenvalue weighted by atomic mass is 10.2. The molecule has 1 heterocycles. The van der Waals surface area contributed by atoms with Gasteiger partial charge in [-0.3, -0.25) is 0 Å². The molecule has 1 aliphatic rings. The van der Waals surface area contributed by atoms with Gasteiger partial charge < -0.3 is 9.30 Å². The van der Waals surface area contributed by atoms with Gasteiger partial charge in [0.05, 0.1) is 7.11 Å². The number of hydrogen-bond donors (Lipinski definition) is 0. The van der Waals surface area contributed by atoms with Crippen LogP contribution in [0.5, 0.6) is 5.75 Å². The maximum atomic E-state index is 5.23. The highest BCUT2D eigenvalue weighted by Crippen LogP contribution is 2.39. The van der Waals surface area contributed by atoms with Crippen LogP contribution in [-0.4, -0.2) is 21.9 Å². The van der Waals surface area contributed by atoms with Crippen LogP contribution >= 0.6 is 11.8 Å². The number of methoxy groups -OCH3 is 1. The van der Waals surface area contributed by atoms with Crippen LogP contribution < -0.4 is 4.74 Å². The average Bonchev–Trinajstić information content (AvgIpc) is 3.21. The summed E-state index contributed by atoms with van der Waals surface area (Å²) in [5.74, 6) is 3.56. The number of thioether (sulfide) groups is 1. The lowest BCUT2D eigenvalue weighted by molar-refractivity contribution is 0.414. The van der Waals surface area contributed by atoms with E-state index in [4.69, 9.17) is 4.74 Å². The van der Waals surface area contributed by atoms with Gasteiger partial charge in [0.1, 0.15) is 11.6 Å². The van der Waals surface area contributed by atoms with Gasteiger partial charge in [-0.15, -0.1) is 10.2 Å². The Morgan fingerprint density at radius 1 is 1.37 bits per heavy atom. The van der Waals surface area contributed by atoms with E-state index in [1.54, 1.807) is 18.9 Å². The molecule has 0 radical (unpaired) electrons. The predicted molar refractivity (Wildman–Crippen MR) is 75.5 cm³/mol. The molecule has 5 heteroatoms. The molecule has 19 heavy (non-hydrogen) atoms. The monoisotopic (exact) mass is 275 g/mol. The molecular weight excluding hydrogens is 258 g/mol. The Bertz CT molecular complexity index is 578. The molecule has 1 aromatic heterocycles. The van der Waals surface area contributed by atoms with Crippen LogP contribution in [0.4, 0.5) is 0 Å². The van der Waals surface area contributed by atoms with Crippen molar-refractivity contribution in [3.8, 4) is 5.75 Å². The van der Waals surface area contributed by atoms with Crippen molar-refractivity contribution in [2.75, 3.05) is 7.11 Å². The minimum atomic E-state index is 0.642. The van der Waals surface area contributed by atoms with Crippen LogP contribution in [-0.2, 0) is 12.8 Å². The molecule has 0 aliphatic heterocycles. The first-order valence-electron chi connectivity index (χ1n) is 6.43. The third-order valence-electron chi connectivity index (χ3n) is 3.31. The normalized spacial score (nSPS) is 14.6. The number of hydrogen-bond acceptors (Lipinski definition) is 4. The molecule has 2 aromatic rings. The molecule has 0 bridgehead atoms. The minimum Gasteiger partial charge on any atom is -0.497 e. The fourth-order valence-corrected chi connectivity index (χ4v) is 2.92. The van der Waals surface area contributed by atoms with Gasteiger partial charge in [0, 0.05) is 18.7 Å². The first-order valence-corrected chi connectivity index (χ1v) is 7.41. The van der Waals surface area contributed by atoms with E-state index in [0.717, 1.165) is 22.5 Å². The quantitative estimate of drug-likeness (QED) is 0.786. The van der Waals surface area contributed by atoms with Crippen LogP contribution in [0.15, 0.2) is 29.4 Å². The van der Waals surface area contributed by atoms with Crippen molar-refractivity contribution in [2.45, 2.75) is 29.7 Å². The predicted octanol–water partition coefficient (Wildman–Crippen LogP) is 2.99. The molecule has 0 atom stereocenters. The van der Waals surface area contributed by atoms with Crippen LogP contribution in [0.25, 0.3) is 0 Å². The molecule has 1 aliphatic carbocycles. The van der Waals surface area contributed by atoms with Crippen molar-refractivity contribution in [2.24, 2.45) is 7.05 Å². The Morgan fingerprint density at radius 3 is 2.95 bits per heavy atom. The number of benzene rings is 1. The standard InChI is InChI=1S/C14H17N3OS/c1-17-13(11-6-7-11)15-16-14(17)19-9-10-4-3-5-12(8-10)18-2/h3-5,8,11H,6-7,9H2,1-2H3. The molecule has 1 fully saturated rings. The molecule has 0 amide bonds. The van der Waals surface area contributed by atoms with Gasteiger partial charge in [-0.05, 0) is 30.5 Å². The Morgan fingerprint density at radius 2 is 2.21 bits per heavy atom. The van der Waals surface area contributed by atoms with Crippen molar-refractivity contribution >= 4 is 11.8 Å². The van der Waals surface area contributed by atoms with Crippen LogP contribution in [0, 0.1) is 0 Å². The molecule has 1 aromatic carbocycles. The Balaban J connectivity index is 1.68. The number of aromatic nitrogens is 3. The second-order valence-corrected chi connectivity index (χ2v) is 5.76. The zero-order chi connectivity index (χ0) is 13.2. The maximum Gasteiger partial charge on any atom is 0.191 e. The highest BCUT2D eigenvalue weighted by Gasteiger charge is 2.29. The van der Waals surface area contributed by atoms with Crippen LogP contribution in [0.2, 0.25) is 0 Å². The van der Waals surface area contributed by atoms with E-state index in [1.165, 1.54) is 18.4 Å². The van der Waals surface area contributed by atoms with E-state index in [-0.39, 0.29) is 0 Å². The first-order chi connectivity index (χ1) is 9.28. The lowest BCUT2D eigenvalue weighted by Gasteiger charge is -2.05. The summed E-state index contributed by atoms with van der Waals surface area (Å²) in [7, 11) is 3.75. The molecule has 0 spiro atoms. The zero-order valence-corrected chi connectivity index (χ0v) is 12.0. The zero-order valence-electron chi connectivity index (χ0n) is 11.2. The second kappa shape index (κ2) is 5.25. The summed E-state index contributed by atoms with van der Waals surface area (Å²) in [4.78, 5) is 0. The third-order valence-corrected chi connectivity index (χ3v) is 4.40. The maximum absolute atomic E-state index is 5.23. The first kappa shape index (κ1) is 12.5. The van der Waals surface area contributed by atoms with E-state index < -0.39 is 0 Å². The molecule has 100 valence electrons. The van der Waals surface area contributed by atoms with Gasteiger partial charge in [0.25, 0.3) is 0 Å². The average molecular weight is 275 g/mol. The smallest absolute Gasteiger partial charge is 0.191 e. The third kappa shape index (κ3) is 2.76. The van der Waals surface area contributed by atoms with Crippen molar-refractivity contribution in [3.63, 3.8) is 0 Å². The topological polar surface area (TPSA) is 39.9 Å². The molecular formula is C14H17N3OS. The molecule has 4 nitrogen and oxygen atoms in total. The van der Waals surface area contributed by atoms with Gasteiger partial charge in [-0.1, -0.05) is 23.9 Å². The Hall–Kier alpha value is -1.49. The molecule has 3 rings (SSSR count). The number of ether oxygens (including phenoxy) is 1. The van der Waals surface area contributed by atoms with Crippen molar-refractivity contribution in [3.05, 3.63) is 35.7 Å². The highest BCUT2D eigenvalue weighted by atomic mass is 32.2. The summed E-state index contributed by atoms with van der Waals surface area (Å²) in [6, 6.07) is 8.14.